The van der Waals surface area contributed by atoms with E-state index in [2.05, 4.69) is 68.9 Å². The van der Waals surface area contributed by atoms with Crippen LogP contribution in [0.1, 0.15) is 51.8 Å². The van der Waals surface area contributed by atoms with Crippen molar-refractivity contribution in [2.24, 2.45) is 0 Å². The lowest BCUT2D eigenvalue weighted by atomic mass is 9.91. The van der Waals surface area contributed by atoms with E-state index in [4.69, 9.17) is 5.73 Å². The topological polar surface area (TPSA) is 51.8 Å². The van der Waals surface area contributed by atoms with Crippen LogP contribution in [0.2, 0.25) is 0 Å². The lowest BCUT2D eigenvalue weighted by Crippen LogP contribution is -2.15. The highest BCUT2D eigenvalue weighted by Gasteiger charge is 2.18. The van der Waals surface area contributed by atoms with Gasteiger partial charge in [0.25, 0.3) is 0 Å². The van der Waals surface area contributed by atoms with E-state index < -0.39 is 0 Å². The molecule has 0 aliphatic carbocycles. The molecule has 0 amide bonds. The van der Waals surface area contributed by atoms with Crippen LogP contribution < -0.4 is 5.73 Å². The normalized spacial score (nSPS) is 11.9. The molecule has 0 aliphatic heterocycles. The Bertz CT molecular complexity index is 593. The zero-order valence-corrected chi connectivity index (χ0v) is 12.9. The summed E-state index contributed by atoms with van der Waals surface area (Å²) < 4.78 is 0. The van der Waals surface area contributed by atoms with Crippen LogP contribution in [0.15, 0.2) is 30.3 Å². The Hall–Kier alpha value is -1.90. The lowest BCUT2D eigenvalue weighted by Gasteiger charge is -2.18. The first-order chi connectivity index (χ1) is 9.27. The number of hydrogen-bond acceptors (Lipinski definition) is 3. The van der Waals surface area contributed by atoms with Crippen LogP contribution in [-0.2, 0) is 5.41 Å². The molecule has 0 atom stereocenters. The van der Waals surface area contributed by atoms with Crippen molar-refractivity contribution in [3.8, 4) is 11.4 Å². The average molecular weight is 269 g/mol. The molecule has 3 nitrogen and oxygen atoms in total. The summed E-state index contributed by atoms with van der Waals surface area (Å²) in [6, 6.07) is 10.2. The number of aromatic nitrogens is 2. The largest absolute Gasteiger partial charge is 0.384 e. The number of rotatable bonds is 2. The van der Waals surface area contributed by atoms with Crippen molar-refractivity contribution < 1.29 is 0 Å². The second-order valence-corrected chi connectivity index (χ2v) is 6.53. The van der Waals surface area contributed by atoms with Gasteiger partial charge >= 0.3 is 0 Å². The van der Waals surface area contributed by atoms with Crippen molar-refractivity contribution in [2.45, 2.75) is 46.0 Å². The molecule has 0 fully saturated rings. The second kappa shape index (κ2) is 5.23. The zero-order chi connectivity index (χ0) is 14.9. The van der Waals surface area contributed by atoms with Crippen LogP contribution in [0.3, 0.4) is 0 Å². The molecule has 20 heavy (non-hydrogen) atoms. The third kappa shape index (κ3) is 3.16. The number of hydrogen-bond donors (Lipinski definition) is 1. The predicted octanol–water partition coefficient (Wildman–Crippen LogP) is 4.15. The predicted molar refractivity (Wildman–Crippen MR) is 84.7 cm³/mol. The molecule has 1 aromatic carbocycles. The highest BCUT2D eigenvalue weighted by atomic mass is 14.9. The van der Waals surface area contributed by atoms with Crippen molar-refractivity contribution in [3.63, 3.8) is 0 Å². The van der Waals surface area contributed by atoms with E-state index in [1.54, 1.807) is 0 Å². The van der Waals surface area contributed by atoms with E-state index in [0.717, 1.165) is 11.3 Å². The van der Waals surface area contributed by atoms with Gasteiger partial charge in [0, 0.05) is 17.0 Å². The Morgan fingerprint density at radius 3 is 2.10 bits per heavy atom. The lowest BCUT2D eigenvalue weighted by molar-refractivity contribution is 0.568. The van der Waals surface area contributed by atoms with E-state index >= 15 is 0 Å². The van der Waals surface area contributed by atoms with Crippen LogP contribution in [-0.4, -0.2) is 9.97 Å². The van der Waals surface area contributed by atoms with Crippen molar-refractivity contribution in [1.82, 2.24) is 9.97 Å². The quantitative estimate of drug-likeness (QED) is 0.891. The van der Waals surface area contributed by atoms with Gasteiger partial charge in [-0.15, -0.1) is 0 Å². The Balaban J connectivity index is 2.44. The van der Waals surface area contributed by atoms with Crippen molar-refractivity contribution >= 4 is 5.82 Å². The van der Waals surface area contributed by atoms with Crippen LogP contribution in [0.5, 0.6) is 0 Å². The Kier molecular flexibility index (Phi) is 3.80. The fourth-order valence-corrected chi connectivity index (χ4v) is 2.00. The van der Waals surface area contributed by atoms with Gasteiger partial charge in [0.15, 0.2) is 5.82 Å². The summed E-state index contributed by atoms with van der Waals surface area (Å²) in [5.74, 6) is 1.74. The van der Waals surface area contributed by atoms with E-state index in [-0.39, 0.29) is 5.41 Å². The molecule has 0 saturated heterocycles. The van der Waals surface area contributed by atoms with Crippen molar-refractivity contribution in [1.29, 1.82) is 0 Å². The average Bonchev–Trinajstić information content (AvgIpc) is 2.37. The smallest absolute Gasteiger partial charge is 0.161 e. The van der Waals surface area contributed by atoms with Gasteiger partial charge in [-0.25, -0.2) is 9.97 Å². The highest BCUT2D eigenvalue weighted by Crippen LogP contribution is 2.25. The number of nitrogen functional groups attached to an aromatic ring is 1. The van der Waals surface area contributed by atoms with Gasteiger partial charge in [-0.1, -0.05) is 58.9 Å². The summed E-state index contributed by atoms with van der Waals surface area (Å²) in [4.78, 5) is 9.02. The first-order valence-electron chi connectivity index (χ1n) is 7.03. The maximum Gasteiger partial charge on any atom is 0.161 e. The van der Waals surface area contributed by atoms with Crippen molar-refractivity contribution in [2.75, 3.05) is 5.73 Å². The number of benzene rings is 1. The SMILES string of the molecule is CC(C)c1ccc(-c2nc(N)cc(C(C)(C)C)n2)cc1. The molecule has 1 heterocycles. The van der Waals surface area contributed by atoms with E-state index in [1.165, 1.54) is 5.56 Å². The fraction of sp³-hybridized carbons (Fsp3) is 0.412. The molecule has 0 saturated carbocycles. The highest BCUT2D eigenvalue weighted by molar-refractivity contribution is 5.58. The minimum atomic E-state index is -0.0380. The summed E-state index contributed by atoms with van der Waals surface area (Å²) >= 11 is 0. The molecule has 2 N–H and O–H groups in total. The molecule has 2 rings (SSSR count). The Labute approximate surface area is 121 Å². The number of anilines is 1. The van der Waals surface area contributed by atoms with Gasteiger partial charge in [0.05, 0.1) is 5.69 Å². The molecule has 0 unspecified atom stereocenters. The van der Waals surface area contributed by atoms with Crippen LogP contribution in [0.4, 0.5) is 5.82 Å². The van der Waals surface area contributed by atoms with Gasteiger partial charge in [-0.2, -0.15) is 0 Å². The van der Waals surface area contributed by atoms with Gasteiger partial charge in [0.1, 0.15) is 5.82 Å². The molecule has 0 radical (unpaired) electrons. The summed E-state index contributed by atoms with van der Waals surface area (Å²) in [7, 11) is 0. The van der Waals surface area contributed by atoms with Gasteiger partial charge in [0.2, 0.25) is 0 Å². The maximum absolute atomic E-state index is 5.92. The van der Waals surface area contributed by atoms with Gasteiger partial charge in [-0.05, 0) is 11.5 Å². The first kappa shape index (κ1) is 14.5. The van der Waals surface area contributed by atoms with Crippen LogP contribution in [0.25, 0.3) is 11.4 Å². The molecule has 1 aromatic heterocycles. The fourth-order valence-electron chi connectivity index (χ4n) is 2.00. The Morgan fingerprint density at radius 2 is 1.60 bits per heavy atom. The molecule has 0 aliphatic rings. The minimum Gasteiger partial charge on any atom is -0.384 e. The summed E-state index contributed by atoms with van der Waals surface area (Å²) in [5, 5.41) is 0. The zero-order valence-electron chi connectivity index (χ0n) is 12.9. The number of nitrogens with zero attached hydrogens (tertiary/aromatic N) is 2. The monoisotopic (exact) mass is 269 g/mol. The summed E-state index contributed by atoms with van der Waals surface area (Å²) in [6.45, 7) is 10.7. The van der Waals surface area contributed by atoms with Gasteiger partial charge < -0.3 is 5.73 Å². The Morgan fingerprint density at radius 1 is 1.00 bits per heavy atom. The molecule has 106 valence electrons. The van der Waals surface area contributed by atoms with E-state index in [0.29, 0.717) is 17.6 Å². The second-order valence-electron chi connectivity index (χ2n) is 6.53. The molecule has 0 spiro atoms. The standard InChI is InChI=1S/C17H23N3/c1-11(2)12-6-8-13(9-7-12)16-19-14(17(3,4)5)10-15(18)20-16/h6-11H,1-5H3,(H2,18,19,20). The third-order valence-corrected chi connectivity index (χ3v) is 3.35. The minimum absolute atomic E-state index is 0.0380. The molecule has 0 bridgehead atoms. The molecular weight excluding hydrogens is 246 g/mol. The molecule has 2 aromatic rings. The molecular formula is C17H23N3. The maximum atomic E-state index is 5.92. The summed E-state index contributed by atoms with van der Waals surface area (Å²) in [6.07, 6.45) is 0. The van der Waals surface area contributed by atoms with E-state index in [9.17, 15) is 0 Å². The number of nitrogens with two attached hydrogens (primary N) is 1. The van der Waals surface area contributed by atoms with Crippen molar-refractivity contribution in [3.05, 3.63) is 41.6 Å². The van der Waals surface area contributed by atoms with E-state index in [1.807, 2.05) is 6.07 Å². The summed E-state index contributed by atoms with van der Waals surface area (Å²) in [5.41, 5.74) is 9.17. The third-order valence-electron chi connectivity index (χ3n) is 3.35. The van der Waals surface area contributed by atoms with Crippen LogP contribution >= 0.6 is 0 Å². The van der Waals surface area contributed by atoms with Gasteiger partial charge in [-0.3, -0.25) is 0 Å². The first-order valence-corrected chi connectivity index (χ1v) is 7.03. The van der Waals surface area contributed by atoms with Crippen LogP contribution in [0, 0.1) is 0 Å². The molecule has 3 heteroatoms.